The molecule has 2 rings (SSSR count). The van der Waals surface area contributed by atoms with Gasteiger partial charge in [0.05, 0.1) is 17.3 Å². The Labute approximate surface area is 106 Å². The average molecular weight is 262 g/mol. The van der Waals surface area contributed by atoms with Gasteiger partial charge in [-0.05, 0) is 18.2 Å². The van der Waals surface area contributed by atoms with Crippen molar-refractivity contribution in [3.63, 3.8) is 0 Å². The van der Waals surface area contributed by atoms with E-state index >= 15 is 0 Å². The van der Waals surface area contributed by atoms with Crippen LogP contribution in [0.3, 0.4) is 0 Å². The molecule has 0 radical (unpaired) electrons. The second kappa shape index (κ2) is 4.81. The molecule has 0 fully saturated rings. The van der Waals surface area contributed by atoms with E-state index in [0.717, 1.165) is 17.4 Å². The first-order chi connectivity index (χ1) is 8.60. The lowest BCUT2D eigenvalue weighted by Crippen LogP contribution is -2.13. The van der Waals surface area contributed by atoms with Crippen LogP contribution in [0.1, 0.15) is 16.1 Å². The van der Waals surface area contributed by atoms with E-state index < -0.39 is 11.7 Å². The van der Waals surface area contributed by atoms with Gasteiger partial charge in [0, 0.05) is 5.38 Å². The van der Waals surface area contributed by atoms with E-state index in [2.05, 4.69) is 10.3 Å². The van der Waals surface area contributed by atoms with Gasteiger partial charge in [0.25, 0.3) is 5.91 Å². The monoisotopic (exact) mass is 262 g/mol. The number of anilines is 2. The van der Waals surface area contributed by atoms with Crippen LogP contribution < -0.4 is 11.1 Å². The minimum absolute atomic E-state index is 0.00873. The fraction of sp³-hybridized carbons (Fsp3) is 0. The molecule has 2 aromatic rings. The molecule has 0 saturated heterocycles. The number of carbonyl (C=O) groups excluding carboxylic acids is 1. The lowest BCUT2D eigenvalue weighted by molar-refractivity contribution is 0.102. The van der Waals surface area contributed by atoms with Crippen LogP contribution in [-0.2, 0) is 0 Å². The molecule has 1 aromatic heterocycles. The number of hydrogen-bond acceptors (Lipinski definition) is 5. The van der Waals surface area contributed by atoms with Gasteiger partial charge < -0.3 is 11.1 Å². The van der Waals surface area contributed by atoms with Crippen molar-refractivity contribution in [1.29, 1.82) is 5.26 Å². The number of halogens is 1. The van der Waals surface area contributed by atoms with Crippen molar-refractivity contribution < 1.29 is 9.18 Å². The summed E-state index contributed by atoms with van der Waals surface area (Å²) in [6.07, 6.45) is 0. The van der Waals surface area contributed by atoms with Gasteiger partial charge in [0.2, 0.25) is 0 Å². The fourth-order valence-corrected chi connectivity index (χ4v) is 1.81. The minimum Gasteiger partial charge on any atom is -0.375 e. The highest BCUT2D eigenvalue weighted by molar-refractivity contribution is 7.13. The zero-order valence-electron chi connectivity index (χ0n) is 8.98. The van der Waals surface area contributed by atoms with Crippen LogP contribution in [0.25, 0.3) is 0 Å². The highest BCUT2D eigenvalue weighted by atomic mass is 32.1. The van der Waals surface area contributed by atoms with Crippen molar-refractivity contribution in [2.45, 2.75) is 0 Å². The van der Waals surface area contributed by atoms with E-state index in [1.807, 2.05) is 0 Å². The minimum atomic E-state index is -0.675. The molecule has 18 heavy (non-hydrogen) atoms. The zero-order chi connectivity index (χ0) is 13.1. The van der Waals surface area contributed by atoms with Gasteiger partial charge in [-0.3, -0.25) is 4.79 Å². The smallest absolute Gasteiger partial charge is 0.275 e. The second-order valence-corrected chi connectivity index (χ2v) is 4.22. The van der Waals surface area contributed by atoms with Crippen molar-refractivity contribution in [3.05, 3.63) is 40.7 Å². The van der Waals surface area contributed by atoms with Crippen LogP contribution in [0.2, 0.25) is 0 Å². The van der Waals surface area contributed by atoms with Gasteiger partial charge in [-0.1, -0.05) is 0 Å². The third kappa shape index (κ3) is 2.44. The van der Waals surface area contributed by atoms with E-state index in [4.69, 9.17) is 11.0 Å². The Morgan fingerprint density at radius 3 is 2.89 bits per heavy atom. The van der Waals surface area contributed by atoms with Crippen molar-refractivity contribution in [2.75, 3.05) is 11.1 Å². The molecule has 0 aliphatic carbocycles. The Morgan fingerprint density at radius 2 is 2.33 bits per heavy atom. The number of benzene rings is 1. The van der Waals surface area contributed by atoms with Gasteiger partial charge in [-0.2, -0.15) is 5.26 Å². The van der Waals surface area contributed by atoms with Crippen molar-refractivity contribution in [3.8, 4) is 6.07 Å². The first-order valence-electron chi connectivity index (χ1n) is 4.82. The molecular formula is C11H7FN4OS. The van der Waals surface area contributed by atoms with Crippen molar-refractivity contribution in [1.82, 2.24) is 4.98 Å². The van der Waals surface area contributed by atoms with Crippen LogP contribution in [0.4, 0.5) is 15.2 Å². The lowest BCUT2D eigenvalue weighted by atomic mass is 10.2. The molecule has 0 bridgehead atoms. The summed E-state index contributed by atoms with van der Waals surface area (Å²) in [4.78, 5) is 15.5. The molecule has 1 aromatic carbocycles. The summed E-state index contributed by atoms with van der Waals surface area (Å²) in [6, 6.07) is 5.58. The molecule has 5 nitrogen and oxygen atoms in total. The van der Waals surface area contributed by atoms with Gasteiger partial charge in [-0.25, -0.2) is 9.37 Å². The largest absolute Gasteiger partial charge is 0.375 e. The predicted octanol–water partition coefficient (Wildman–Crippen LogP) is 1.99. The lowest BCUT2D eigenvalue weighted by Gasteiger charge is -2.04. The summed E-state index contributed by atoms with van der Waals surface area (Å²) in [5.74, 6) is -1.22. The number of nitrogens with one attached hydrogen (secondary N) is 1. The molecule has 1 amide bonds. The molecule has 0 atom stereocenters. The van der Waals surface area contributed by atoms with E-state index in [1.54, 1.807) is 6.07 Å². The molecule has 0 spiro atoms. The number of thiazole rings is 1. The number of aromatic nitrogens is 1. The quantitative estimate of drug-likeness (QED) is 0.865. The normalized spacial score (nSPS) is 9.78. The maximum absolute atomic E-state index is 13.5. The van der Waals surface area contributed by atoms with Crippen LogP contribution in [0, 0.1) is 17.1 Å². The van der Waals surface area contributed by atoms with E-state index in [1.165, 1.54) is 17.5 Å². The number of hydrogen-bond donors (Lipinski definition) is 2. The molecule has 7 heteroatoms. The summed E-state index contributed by atoms with van der Waals surface area (Å²) in [5, 5.41) is 12.7. The van der Waals surface area contributed by atoms with Crippen molar-refractivity contribution >= 4 is 28.1 Å². The standard InChI is InChI=1S/C11H7FN4OS/c12-7-3-6(4-13)1-2-8(7)15-10(17)9-5-18-11(14)16-9/h1-3,5H,(H2,14,16)(H,15,17). The average Bonchev–Trinajstić information content (AvgIpc) is 2.78. The first kappa shape index (κ1) is 12.0. The van der Waals surface area contributed by atoms with Crippen molar-refractivity contribution in [2.24, 2.45) is 0 Å². The molecule has 0 saturated carbocycles. The number of nitriles is 1. The number of rotatable bonds is 2. The molecule has 0 unspecified atom stereocenters. The maximum atomic E-state index is 13.5. The topological polar surface area (TPSA) is 91.8 Å². The summed E-state index contributed by atoms with van der Waals surface area (Å²) >= 11 is 1.12. The second-order valence-electron chi connectivity index (χ2n) is 3.33. The molecule has 1 heterocycles. The molecular weight excluding hydrogens is 255 g/mol. The van der Waals surface area contributed by atoms with E-state index in [0.29, 0.717) is 0 Å². The third-order valence-electron chi connectivity index (χ3n) is 2.10. The summed E-state index contributed by atoms with van der Waals surface area (Å²) in [6.45, 7) is 0. The Balaban J connectivity index is 2.20. The number of nitrogens with two attached hydrogens (primary N) is 1. The van der Waals surface area contributed by atoms with Gasteiger partial charge in [0.1, 0.15) is 11.5 Å². The SMILES string of the molecule is N#Cc1ccc(NC(=O)c2csc(N)n2)c(F)c1. The summed E-state index contributed by atoms with van der Waals surface area (Å²) < 4.78 is 13.5. The Morgan fingerprint density at radius 1 is 1.56 bits per heavy atom. The summed E-state index contributed by atoms with van der Waals surface area (Å²) in [7, 11) is 0. The van der Waals surface area contributed by atoms with Crippen LogP contribution in [0.15, 0.2) is 23.6 Å². The number of nitrogen functional groups attached to an aromatic ring is 1. The Bertz CT molecular complexity index is 647. The van der Waals surface area contributed by atoms with Gasteiger partial charge in [0.15, 0.2) is 5.13 Å². The van der Waals surface area contributed by atoms with E-state index in [-0.39, 0.29) is 22.1 Å². The number of carbonyl (C=O) groups is 1. The molecule has 0 aliphatic heterocycles. The maximum Gasteiger partial charge on any atom is 0.275 e. The van der Waals surface area contributed by atoms with E-state index in [9.17, 15) is 9.18 Å². The van der Waals surface area contributed by atoms with Gasteiger partial charge >= 0.3 is 0 Å². The highest BCUT2D eigenvalue weighted by Crippen LogP contribution is 2.17. The van der Waals surface area contributed by atoms with Crippen LogP contribution >= 0.6 is 11.3 Å². The highest BCUT2D eigenvalue weighted by Gasteiger charge is 2.12. The van der Waals surface area contributed by atoms with Crippen LogP contribution in [0.5, 0.6) is 0 Å². The number of nitrogens with zero attached hydrogens (tertiary/aromatic N) is 2. The predicted molar refractivity (Wildman–Crippen MR) is 65.6 cm³/mol. The number of amides is 1. The van der Waals surface area contributed by atoms with Gasteiger partial charge in [-0.15, -0.1) is 11.3 Å². The molecule has 3 N–H and O–H groups in total. The Kier molecular flexibility index (Phi) is 3.21. The first-order valence-corrected chi connectivity index (χ1v) is 5.70. The Hall–Kier alpha value is -2.46. The molecule has 0 aliphatic rings. The molecule has 90 valence electrons. The van der Waals surface area contributed by atoms with Crippen LogP contribution in [-0.4, -0.2) is 10.9 Å². The third-order valence-corrected chi connectivity index (χ3v) is 2.77. The zero-order valence-corrected chi connectivity index (χ0v) is 9.79. The fourth-order valence-electron chi connectivity index (χ4n) is 1.26. The summed E-state index contributed by atoms with van der Waals surface area (Å²) in [5.41, 5.74) is 5.70.